The first kappa shape index (κ1) is 11.6. The highest BCUT2D eigenvalue weighted by molar-refractivity contribution is 7.91. The van der Waals surface area contributed by atoms with Gasteiger partial charge in [0.05, 0.1) is 30.2 Å². The molecule has 0 aromatic carbocycles. The summed E-state index contributed by atoms with van der Waals surface area (Å²) in [5.41, 5.74) is 0. The number of imidazole rings is 1. The molecule has 2 atom stereocenters. The molecule has 0 saturated carbocycles. The number of hydrogen-bond acceptors (Lipinski definition) is 5. The van der Waals surface area contributed by atoms with Crippen LogP contribution < -0.4 is 0 Å². The van der Waals surface area contributed by atoms with Crippen molar-refractivity contribution in [1.82, 2.24) is 14.9 Å². The molecule has 2 rings (SSSR count). The lowest BCUT2D eigenvalue weighted by atomic mass is 10.2. The molecule has 0 radical (unpaired) electrons. The van der Waals surface area contributed by atoms with Gasteiger partial charge in [0.15, 0.2) is 9.84 Å². The minimum atomic E-state index is -3.09. The van der Waals surface area contributed by atoms with E-state index < -0.39 is 15.9 Å². The summed E-state index contributed by atoms with van der Waals surface area (Å²) in [7, 11) is -1.30. The van der Waals surface area contributed by atoms with Crippen LogP contribution in [-0.4, -0.2) is 59.1 Å². The van der Waals surface area contributed by atoms with Gasteiger partial charge in [-0.25, -0.2) is 13.4 Å². The monoisotopic (exact) mass is 245 g/mol. The maximum absolute atomic E-state index is 11.3. The molecule has 0 amide bonds. The van der Waals surface area contributed by atoms with Crippen molar-refractivity contribution < 1.29 is 13.5 Å². The van der Waals surface area contributed by atoms with Crippen molar-refractivity contribution in [3.8, 4) is 0 Å². The van der Waals surface area contributed by atoms with Gasteiger partial charge < -0.3 is 10.1 Å². The van der Waals surface area contributed by atoms with Crippen LogP contribution in [0.1, 0.15) is 5.82 Å². The second-order valence-corrected chi connectivity index (χ2v) is 6.32. The van der Waals surface area contributed by atoms with Crippen LogP contribution in [0.15, 0.2) is 12.4 Å². The minimum absolute atomic E-state index is 0.0192. The maximum Gasteiger partial charge on any atom is 0.154 e. The van der Waals surface area contributed by atoms with E-state index in [0.29, 0.717) is 6.54 Å². The number of rotatable bonds is 3. The maximum atomic E-state index is 11.3. The van der Waals surface area contributed by atoms with Crippen molar-refractivity contribution in [3.05, 3.63) is 18.2 Å². The fourth-order valence-electron chi connectivity index (χ4n) is 1.97. The summed E-state index contributed by atoms with van der Waals surface area (Å²) in [4.78, 5) is 8.82. The van der Waals surface area contributed by atoms with Crippen LogP contribution in [0.5, 0.6) is 0 Å². The van der Waals surface area contributed by atoms with E-state index >= 15 is 0 Å². The van der Waals surface area contributed by atoms with Crippen LogP contribution in [0.25, 0.3) is 0 Å². The Labute approximate surface area is 94.2 Å². The highest BCUT2D eigenvalue weighted by Crippen LogP contribution is 2.18. The third-order valence-corrected chi connectivity index (χ3v) is 4.51. The number of nitrogens with one attached hydrogen (secondary N) is 1. The Morgan fingerprint density at radius 1 is 1.62 bits per heavy atom. The summed E-state index contributed by atoms with van der Waals surface area (Å²) in [6.45, 7) is 0.504. The Morgan fingerprint density at radius 3 is 2.88 bits per heavy atom. The van der Waals surface area contributed by atoms with Crippen LogP contribution in [-0.2, 0) is 16.4 Å². The topological polar surface area (TPSA) is 86.3 Å². The van der Waals surface area contributed by atoms with Crippen molar-refractivity contribution >= 4 is 9.84 Å². The molecular weight excluding hydrogens is 230 g/mol. The average molecular weight is 245 g/mol. The van der Waals surface area contributed by atoms with Gasteiger partial charge in [0.1, 0.15) is 5.82 Å². The Hall–Kier alpha value is -0.920. The zero-order valence-electron chi connectivity index (χ0n) is 9.00. The van der Waals surface area contributed by atoms with Crippen molar-refractivity contribution in [2.24, 2.45) is 0 Å². The van der Waals surface area contributed by atoms with Crippen LogP contribution in [0.4, 0.5) is 0 Å². The van der Waals surface area contributed by atoms with Crippen LogP contribution in [0.2, 0.25) is 0 Å². The van der Waals surface area contributed by atoms with Crippen molar-refractivity contribution in [2.45, 2.75) is 18.7 Å². The van der Waals surface area contributed by atoms with Crippen molar-refractivity contribution in [1.29, 1.82) is 0 Å². The molecule has 6 nitrogen and oxygen atoms in total. The Morgan fingerprint density at radius 2 is 2.38 bits per heavy atom. The van der Waals surface area contributed by atoms with E-state index in [1.54, 1.807) is 19.4 Å². The molecule has 1 aliphatic heterocycles. The van der Waals surface area contributed by atoms with E-state index in [9.17, 15) is 13.5 Å². The van der Waals surface area contributed by atoms with Gasteiger partial charge in [0, 0.05) is 12.4 Å². The first-order valence-corrected chi connectivity index (χ1v) is 6.87. The number of H-pyrrole nitrogens is 1. The molecule has 2 heterocycles. The molecule has 1 saturated heterocycles. The summed E-state index contributed by atoms with van der Waals surface area (Å²) in [5.74, 6) is 0.643. The van der Waals surface area contributed by atoms with E-state index in [0.717, 1.165) is 5.82 Å². The van der Waals surface area contributed by atoms with Crippen molar-refractivity contribution in [2.75, 3.05) is 18.6 Å². The highest BCUT2D eigenvalue weighted by atomic mass is 32.2. The average Bonchev–Trinajstić information content (AvgIpc) is 2.73. The van der Waals surface area contributed by atoms with Gasteiger partial charge in [-0.2, -0.15) is 0 Å². The zero-order valence-corrected chi connectivity index (χ0v) is 9.81. The fourth-order valence-corrected chi connectivity index (χ4v) is 3.85. The van der Waals surface area contributed by atoms with Crippen molar-refractivity contribution in [3.63, 3.8) is 0 Å². The van der Waals surface area contributed by atoms with Crippen LogP contribution in [0, 0.1) is 0 Å². The summed E-state index contributed by atoms with van der Waals surface area (Å²) >= 11 is 0. The fraction of sp³-hybridized carbons (Fsp3) is 0.667. The largest absolute Gasteiger partial charge is 0.390 e. The molecule has 1 fully saturated rings. The summed E-state index contributed by atoms with van der Waals surface area (Å²) in [6, 6.07) is -0.338. The van der Waals surface area contributed by atoms with E-state index in [1.165, 1.54) is 0 Å². The lowest BCUT2D eigenvalue weighted by molar-refractivity contribution is 0.0944. The molecule has 16 heavy (non-hydrogen) atoms. The van der Waals surface area contributed by atoms with Crippen LogP contribution in [0.3, 0.4) is 0 Å². The molecule has 0 aliphatic carbocycles. The molecule has 2 N–H and O–H groups in total. The number of hydrogen-bond donors (Lipinski definition) is 2. The third kappa shape index (κ3) is 2.42. The lowest BCUT2D eigenvalue weighted by Gasteiger charge is -2.24. The van der Waals surface area contributed by atoms with E-state index in [4.69, 9.17) is 0 Å². The number of aromatic amines is 1. The Kier molecular flexibility index (Phi) is 3.00. The molecule has 1 aromatic rings. The molecule has 1 aromatic heterocycles. The molecule has 1 aliphatic rings. The van der Waals surface area contributed by atoms with Gasteiger partial charge >= 0.3 is 0 Å². The van der Waals surface area contributed by atoms with Gasteiger partial charge in [-0.15, -0.1) is 0 Å². The second kappa shape index (κ2) is 4.15. The van der Waals surface area contributed by atoms with Gasteiger partial charge in [-0.3, -0.25) is 4.90 Å². The van der Waals surface area contributed by atoms with Gasteiger partial charge in [-0.05, 0) is 7.05 Å². The molecule has 7 heteroatoms. The summed E-state index contributed by atoms with van der Waals surface area (Å²) in [6.07, 6.45) is 2.56. The standard InChI is InChI=1S/C9H15N3O3S/c1-12(4-9-10-2-3-11-9)7-5-16(14,15)6-8(7)13/h2-3,7-8,13H,4-6H2,1H3,(H,10,11)/t7-,8-/m1/s1. The molecular formula is C9H15N3O3S. The molecule has 90 valence electrons. The number of aliphatic hydroxyl groups excluding tert-OH is 1. The normalized spacial score (nSPS) is 28.7. The molecule has 0 spiro atoms. The van der Waals surface area contributed by atoms with E-state index in [-0.39, 0.29) is 17.5 Å². The summed E-state index contributed by atoms with van der Waals surface area (Å²) < 4.78 is 22.7. The third-order valence-electron chi connectivity index (χ3n) is 2.81. The van der Waals surface area contributed by atoms with Gasteiger partial charge in [-0.1, -0.05) is 0 Å². The predicted octanol–water partition coefficient (Wildman–Crippen LogP) is -1.00. The van der Waals surface area contributed by atoms with Gasteiger partial charge in [0.25, 0.3) is 0 Å². The number of nitrogens with zero attached hydrogens (tertiary/aromatic N) is 2. The smallest absolute Gasteiger partial charge is 0.154 e. The SMILES string of the molecule is CN(Cc1ncc[nH]1)[C@@H]1CS(=O)(=O)C[C@H]1O. The quantitative estimate of drug-likeness (QED) is 0.713. The Balaban J connectivity index is 2.03. The van der Waals surface area contributed by atoms with Gasteiger partial charge in [0.2, 0.25) is 0 Å². The van der Waals surface area contributed by atoms with E-state index in [1.807, 2.05) is 4.90 Å². The predicted molar refractivity (Wildman–Crippen MR) is 58.5 cm³/mol. The Bertz CT molecular complexity index is 443. The first-order chi connectivity index (χ1) is 7.48. The lowest BCUT2D eigenvalue weighted by Crippen LogP contribution is -2.40. The number of likely N-dealkylation sites (N-methyl/N-ethyl adjacent to an activating group) is 1. The minimum Gasteiger partial charge on any atom is -0.390 e. The summed E-state index contributed by atoms with van der Waals surface area (Å²) in [5, 5.41) is 9.67. The first-order valence-electron chi connectivity index (χ1n) is 5.05. The molecule has 0 unspecified atom stereocenters. The molecule has 0 bridgehead atoms. The number of aromatic nitrogens is 2. The number of aliphatic hydroxyl groups is 1. The second-order valence-electron chi connectivity index (χ2n) is 4.16. The van der Waals surface area contributed by atoms with E-state index in [2.05, 4.69) is 9.97 Å². The zero-order chi connectivity index (χ0) is 11.8. The highest BCUT2D eigenvalue weighted by Gasteiger charge is 2.38. The number of sulfone groups is 1. The van der Waals surface area contributed by atoms with Crippen LogP contribution >= 0.6 is 0 Å².